The summed E-state index contributed by atoms with van der Waals surface area (Å²) in [5.41, 5.74) is -0.0606. The third-order valence-electron chi connectivity index (χ3n) is 3.70. The third kappa shape index (κ3) is 3.20. The molecule has 0 amide bonds. The number of anilines is 1. The van der Waals surface area contributed by atoms with Crippen molar-refractivity contribution in [2.24, 2.45) is 0 Å². The predicted octanol–water partition coefficient (Wildman–Crippen LogP) is 1.59. The Morgan fingerprint density at radius 1 is 1.27 bits per heavy atom. The van der Waals surface area contributed by atoms with E-state index < -0.39 is 20.8 Å². The zero-order valence-corrected chi connectivity index (χ0v) is 13.4. The van der Waals surface area contributed by atoms with Crippen molar-refractivity contribution in [2.45, 2.75) is 25.9 Å². The van der Waals surface area contributed by atoms with Crippen LogP contribution >= 0.6 is 0 Å². The molecule has 1 fully saturated rings. The van der Waals surface area contributed by atoms with Crippen molar-refractivity contribution in [1.29, 1.82) is 0 Å². The number of non-ortho nitro benzene ring substituents is 1. The fraction of sp³-hybridized carbons (Fsp3) is 0.538. The summed E-state index contributed by atoms with van der Waals surface area (Å²) >= 11 is 0. The molecule has 7 nitrogen and oxygen atoms in total. The quantitative estimate of drug-likeness (QED) is 0.620. The Morgan fingerprint density at radius 3 is 2.23 bits per heavy atom. The first kappa shape index (κ1) is 16.6. The Bertz CT molecular complexity index is 683. The number of hydrogen-bond donors (Lipinski definition) is 0. The molecule has 1 aromatic carbocycles. The van der Waals surface area contributed by atoms with Crippen LogP contribution in [0.5, 0.6) is 0 Å². The molecule has 1 heterocycles. The first-order valence-electron chi connectivity index (χ1n) is 6.78. The van der Waals surface area contributed by atoms with Gasteiger partial charge in [0.15, 0.2) is 5.82 Å². The first-order valence-corrected chi connectivity index (χ1v) is 8.63. The van der Waals surface area contributed by atoms with Crippen molar-refractivity contribution in [3.8, 4) is 0 Å². The normalized spacial score (nSPS) is 23.5. The molecule has 2 unspecified atom stereocenters. The minimum absolute atomic E-state index is 0.248. The minimum Gasteiger partial charge on any atom is -0.366 e. The van der Waals surface area contributed by atoms with E-state index in [1.54, 1.807) is 18.7 Å². The molecular weight excluding hydrogens is 313 g/mol. The van der Waals surface area contributed by atoms with Gasteiger partial charge >= 0.3 is 0 Å². The Kier molecular flexibility index (Phi) is 4.39. The fourth-order valence-electron chi connectivity index (χ4n) is 3.02. The number of nitro benzene ring substituents is 1. The van der Waals surface area contributed by atoms with E-state index >= 15 is 0 Å². The third-order valence-corrected chi connectivity index (χ3v) is 5.19. The number of nitrogens with zero attached hydrogens (tertiary/aromatic N) is 3. The molecular formula is C13H18FN3O4S. The van der Waals surface area contributed by atoms with Gasteiger partial charge in [-0.15, -0.1) is 0 Å². The predicted molar refractivity (Wildman–Crippen MR) is 80.9 cm³/mol. The Morgan fingerprint density at radius 2 is 1.82 bits per heavy atom. The van der Waals surface area contributed by atoms with E-state index in [9.17, 15) is 22.9 Å². The van der Waals surface area contributed by atoms with Crippen LogP contribution in [0.1, 0.15) is 13.8 Å². The standard InChI is InChI=1S/C13H18FN3O4S/c1-9-7-15(8-10(2)16(9)22(3,20)21)13-5-4-11(17(18)19)6-12(13)14/h4-6,9-10H,7-8H2,1-3H3. The Labute approximate surface area is 128 Å². The summed E-state index contributed by atoms with van der Waals surface area (Å²) in [5, 5.41) is 10.7. The van der Waals surface area contributed by atoms with Gasteiger partial charge in [0.1, 0.15) is 0 Å². The summed E-state index contributed by atoms with van der Waals surface area (Å²) in [6.07, 6.45) is 1.15. The van der Waals surface area contributed by atoms with E-state index in [0.29, 0.717) is 13.1 Å². The molecule has 0 saturated carbocycles. The number of sulfonamides is 1. The zero-order chi connectivity index (χ0) is 16.7. The van der Waals surface area contributed by atoms with E-state index in [4.69, 9.17) is 0 Å². The summed E-state index contributed by atoms with van der Waals surface area (Å²) in [5.74, 6) is -0.679. The van der Waals surface area contributed by atoms with Gasteiger partial charge in [0.05, 0.1) is 22.9 Å². The monoisotopic (exact) mass is 331 g/mol. The molecule has 1 saturated heterocycles. The number of hydrogen-bond acceptors (Lipinski definition) is 5. The van der Waals surface area contributed by atoms with Crippen LogP contribution in [-0.2, 0) is 10.0 Å². The van der Waals surface area contributed by atoms with Crippen molar-refractivity contribution in [1.82, 2.24) is 4.31 Å². The van der Waals surface area contributed by atoms with Gasteiger partial charge in [-0.3, -0.25) is 10.1 Å². The summed E-state index contributed by atoms with van der Waals surface area (Å²) in [6, 6.07) is 2.87. The highest BCUT2D eigenvalue weighted by molar-refractivity contribution is 7.88. The molecule has 2 rings (SSSR count). The van der Waals surface area contributed by atoms with Crippen molar-refractivity contribution in [3.05, 3.63) is 34.1 Å². The van der Waals surface area contributed by atoms with Crippen molar-refractivity contribution < 1.29 is 17.7 Å². The van der Waals surface area contributed by atoms with Gasteiger partial charge in [0, 0.05) is 31.2 Å². The Balaban J connectivity index is 2.28. The second-order valence-corrected chi connectivity index (χ2v) is 7.48. The maximum Gasteiger partial charge on any atom is 0.272 e. The largest absolute Gasteiger partial charge is 0.366 e. The molecule has 22 heavy (non-hydrogen) atoms. The van der Waals surface area contributed by atoms with E-state index in [0.717, 1.165) is 12.3 Å². The van der Waals surface area contributed by atoms with Gasteiger partial charge < -0.3 is 4.90 Å². The topological polar surface area (TPSA) is 83.8 Å². The van der Waals surface area contributed by atoms with Gasteiger partial charge in [-0.2, -0.15) is 4.31 Å². The highest BCUT2D eigenvalue weighted by Crippen LogP contribution is 2.28. The molecule has 0 radical (unpaired) electrons. The molecule has 0 N–H and O–H groups in total. The van der Waals surface area contributed by atoms with Crippen molar-refractivity contribution in [2.75, 3.05) is 24.2 Å². The van der Waals surface area contributed by atoms with Crippen LogP contribution in [-0.4, -0.2) is 49.1 Å². The van der Waals surface area contributed by atoms with Gasteiger partial charge in [0.2, 0.25) is 10.0 Å². The van der Waals surface area contributed by atoms with Crippen LogP contribution in [0.15, 0.2) is 18.2 Å². The molecule has 0 bridgehead atoms. The van der Waals surface area contributed by atoms with Crippen LogP contribution in [0.4, 0.5) is 15.8 Å². The lowest BCUT2D eigenvalue weighted by atomic mass is 10.1. The van der Waals surface area contributed by atoms with Gasteiger partial charge in [-0.1, -0.05) is 0 Å². The van der Waals surface area contributed by atoms with Crippen LogP contribution in [0, 0.1) is 15.9 Å². The van der Waals surface area contributed by atoms with E-state index in [1.165, 1.54) is 16.4 Å². The number of nitro groups is 1. The highest BCUT2D eigenvalue weighted by Gasteiger charge is 2.36. The second kappa shape index (κ2) is 5.81. The second-order valence-electron chi connectivity index (χ2n) is 5.59. The molecule has 9 heteroatoms. The number of rotatable bonds is 3. The van der Waals surface area contributed by atoms with Crippen LogP contribution < -0.4 is 4.90 Å². The fourth-order valence-corrected chi connectivity index (χ4v) is 4.46. The summed E-state index contributed by atoms with van der Waals surface area (Å²) in [4.78, 5) is 11.7. The van der Waals surface area contributed by atoms with E-state index in [-0.39, 0.29) is 23.5 Å². The summed E-state index contributed by atoms with van der Waals surface area (Å²) < 4.78 is 39.1. The maximum absolute atomic E-state index is 14.1. The molecule has 0 aliphatic carbocycles. The molecule has 2 atom stereocenters. The smallest absolute Gasteiger partial charge is 0.272 e. The van der Waals surface area contributed by atoms with E-state index in [1.807, 2.05) is 0 Å². The first-order chi connectivity index (χ1) is 10.1. The van der Waals surface area contributed by atoms with Crippen molar-refractivity contribution >= 4 is 21.4 Å². The average Bonchev–Trinajstić information content (AvgIpc) is 2.35. The SMILES string of the molecule is CC1CN(c2ccc([N+](=O)[O-])cc2F)CC(C)N1S(C)(=O)=O. The molecule has 1 aromatic rings. The van der Waals surface area contributed by atoms with Crippen LogP contribution in [0.3, 0.4) is 0 Å². The molecule has 0 spiro atoms. The number of benzene rings is 1. The van der Waals surface area contributed by atoms with E-state index in [2.05, 4.69) is 0 Å². The minimum atomic E-state index is -3.33. The molecule has 122 valence electrons. The number of piperazine rings is 1. The molecule has 0 aromatic heterocycles. The zero-order valence-electron chi connectivity index (χ0n) is 12.6. The highest BCUT2D eigenvalue weighted by atomic mass is 32.2. The number of halogens is 1. The van der Waals surface area contributed by atoms with Crippen LogP contribution in [0.25, 0.3) is 0 Å². The molecule has 1 aliphatic rings. The average molecular weight is 331 g/mol. The van der Waals surface area contributed by atoms with Crippen molar-refractivity contribution in [3.63, 3.8) is 0 Å². The maximum atomic E-state index is 14.1. The van der Waals surface area contributed by atoms with Gasteiger partial charge in [-0.25, -0.2) is 12.8 Å². The summed E-state index contributed by atoms with van der Waals surface area (Å²) in [6.45, 7) is 4.16. The van der Waals surface area contributed by atoms with Gasteiger partial charge in [-0.05, 0) is 19.9 Å². The Hall–Kier alpha value is -1.74. The lowest BCUT2D eigenvalue weighted by molar-refractivity contribution is -0.385. The lowest BCUT2D eigenvalue weighted by Gasteiger charge is -2.43. The summed E-state index contributed by atoms with van der Waals surface area (Å²) in [7, 11) is -3.33. The van der Waals surface area contributed by atoms with Gasteiger partial charge in [0.25, 0.3) is 5.69 Å². The van der Waals surface area contributed by atoms with Crippen LogP contribution in [0.2, 0.25) is 0 Å². The lowest BCUT2D eigenvalue weighted by Crippen LogP contribution is -2.58. The molecule has 1 aliphatic heterocycles.